The van der Waals surface area contributed by atoms with Gasteiger partial charge >= 0.3 is 5.63 Å². The summed E-state index contributed by atoms with van der Waals surface area (Å²) in [6.45, 7) is 1.79. The number of carbonyl (C=O) groups is 1. The van der Waals surface area contributed by atoms with Gasteiger partial charge in [-0.1, -0.05) is 23.4 Å². The zero-order valence-electron chi connectivity index (χ0n) is 13.8. The van der Waals surface area contributed by atoms with Crippen molar-refractivity contribution < 1.29 is 9.21 Å². The lowest BCUT2D eigenvalue weighted by Crippen LogP contribution is -2.14. The normalized spacial score (nSPS) is 10.8. The largest absolute Gasteiger partial charge is 0.423 e. The van der Waals surface area contributed by atoms with E-state index in [1.165, 1.54) is 6.07 Å². The van der Waals surface area contributed by atoms with E-state index in [-0.39, 0.29) is 11.6 Å². The molecule has 2 aromatic heterocycles. The van der Waals surface area contributed by atoms with Crippen LogP contribution in [0.4, 0.5) is 5.69 Å². The van der Waals surface area contributed by atoms with Crippen molar-refractivity contribution in [2.75, 3.05) is 5.32 Å². The summed E-state index contributed by atoms with van der Waals surface area (Å²) in [5.74, 6) is -0.360. The van der Waals surface area contributed by atoms with Crippen molar-refractivity contribution in [1.82, 2.24) is 15.0 Å². The van der Waals surface area contributed by atoms with Crippen molar-refractivity contribution >= 4 is 22.6 Å². The second-order valence-electron chi connectivity index (χ2n) is 5.73. The summed E-state index contributed by atoms with van der Waals surface area (Å²) in [6, 6.07) is 17.5. The molecule has 0 spiro atoms. The highest BCUT2D eigenvalue weighted by Gasteiger charge is 2.17. The second-order valence-corrected chi connectivity index (χ2v) is 5.73. The van der Waals surface area contributed by atoms with Gasteiger partial charge in [0.1, 0.15) is 5.58 Å². The maximum absolute atomic E-state index is 12.6. The van der Waals surface area contributed by atoms with Gasteiger partial charge in [0.25, 0.3) is 5.91 Å². The Bertz CT molecular complexity index is 1160. The number of nitrogens with zero attached hydrogens (tertiary/aromatic N) is 3. The maximum Gasteiger partial charge on any atom is 0.336 e. The molecule has 1 N–H and O–H groups in total. The molecule has 2 aromatic carbocycles. The van der Waals surface area contributed by atoms with Gasteiger partial charge in [-0.3, -0.25) is 4.79 Å². The van der Waals surface area contributed by atoms with Crippen LogP contribution in [0, 0.1) is 6.92 Å². The Morgan fingerprint density at radius 3 is 2.69 bits per heavy atom. The van der Waals surface area contributed by atoms with Crippen LogP contribution in [0.3, 0.4) is 0 Å². The van der Waals surface area contributed by atoms with Crippen LogP contribution in [0.2, 0.25) is 0 Å². The Morgan fingerprint density at radius 2 is 1.88 bits per heavy atom. The standard InChI is InChI=1S/C19H14N4O3/c1-12-18(21-22-23(12)15-5-3-2-4-6-15)19(25)20-14-8-9-16-13(11-14)7-10-17(24)26-16/h2-11H,1H3,(H,20,25). The first-order chi connectivity index (χ1) is 12.6. The number of nitrogens with one attached hydrogen (secondary N) is 1. The predicted octanol–water partition coefficient (Wildman–Crippen LogP) is 2.93. The first-order valence-corrected chi connectivity index (χ1v) is 7.95. The molecular weight excluding hydrogens is 332 g/mol. The summed E-state index contributed by atoms with van der Waals surface area (Å²) in [4.78, 5) is 23.8. The lowest BCUT2D eigenvalue weighted by molar-refractivity contribution is 0.102. The molecular formula is C19H14N4O3. The van der Waals surface area contributed by atoms with E-state index in [4.69, 9.17) is 4.42 Å². The molecule has 0 radical (unpaired) electrons. The van der Waals surface area contributed by atoms with E-state index in [0.29, 0.717) is 22.4 Å². The topological polar surface area (TPSA) is 90.0 Å². The van der Waals surface area contributed by atoms with E-state index in [0.717, 1.165) is 5.69 Å². The van der Waals surface area contributed by atoms with E-state index in [1.54, 1.807) is 35.9 Å². The number of benzene rings is 2. The summed E-state index contributed by atoms with van der Waals surface area (Å²) < 4.78 is 6.70. The van der Waals surface area contributed by atoms with Crippen molar-refractivity contribution in [2.45, 2.75) is 6.92 Å². The van der Waals surface area contributed by atoms with Crippen LogP contribution in [0.15, 0.2) is 69.9 Å². The number of amides is 1. The third-order valence-electron chi connectivity index (χ3n) is 3.99. The zero-order chi connectivity index (χ0) is 18.1. The fourth-order valence-electron chi connectivity index (χ4n) is 2.69. The van der Waals surface area contributed by atoms with E-state index in [2.05, 4.69) is 15.6 Å². The molecule has 0 saturated heterocycles. The van der Waals surface area contributed by atoms with Crippen molar-refractivity contribution in [2.24, 2.45) is 0 Å². The maximum atomic E-state index is 12.6. The van der Waals surface area contributed by atoms with Gasteiger partial charge in [-0.05, 0) is 43.3 Å². The second kappa shape index (κ2) is 6.29. The molecule has 26 heavy (non-hydrogen) atoms. The van der Waals surface area contributed by atoms with Gasteiger partial charge in [0.2, 0.25) is 0 Å². The van der Waals surface area contributed by atoms with Crippen LogP contribution < -0.4 is 10.9 Å². The Hall–Kier alpha value is -3.74. The van der Waals surface area contributed by atoms with E-state index in [1.807, 2.05) is 30.3 Å². The van der Waals surface area contributed by atoms with Crippen LogP contribution in [-0.2, 0) is 0 Å². The van der Waals surface area contributed by atoms with Gasteiger partial charge in [-0.25, -0.2) is 9.48 Å². The Labute approximate surface area is 147 Å². The lowest BCUT2D eigenvalue weighted by atomic mass is 10.2. The number of rotatable bonds is 3. The van der Waals surface area contributed by atoms with Crippen molar-refractivity contribution in [3.05, 3.63) is 82.5 Å². The van der Waals surface area contributed by atoms with E-state index < -0.39 is 5.63 Å². The summed E-state index contributed by atoms with van der Waals surface area (Å²) in [5, 5.41) is 11.6. The minimum absolute atomic E-state index is 0.244. The van der Waals surface area contributed by atoms with Crippen molar-refractivity contribution in [3.8, 4) is 5.69 Å². The highest BCUT2D eigenvalue weighted by atomic mass is 16.4. The summed E-state index contributed by atoms with van der Waals surface area (Å²) >= 11 is 0. The highest BCUT2D eigenvalue weighted by molar-refractivity contribution is 6.04. The van der Waals surface area contributed by atoms with Crippen LogP contribution >= 0.6 is 0 Å². The minimum Gasteiger partial charge on any atom is -0.423 e. The van der Waals surface area contributed by atoms with Gasteiger partial charge < -0.3 is 9.73 Å². The van der Waals surface area contributed by atoms with E-state index in [9.17, 15) is 9.59 Å². The lowest BCUT2D eigenvalue weighted by Gasteiger charge is -2.06. The van der Waals surface area contributed by atoms with Gasteiger partial charge in [0, 0.05) is 17.1 Å². The van der Waals surface area contributed by atoms with E-state index >= 15 is 0 Å². The highest BCUT2D eigenvalue weighted by Crippen LogP contribution is 2.19. The molecule has 4 aromatic rings. The quantitative estimate of drug-likeness (QED) is 0.576. The fourth-order valence-corrected chi connectivity index (χ4v) is 2.69. The SMILES string of the molecule is Cc1c(C(=O)Nc2ccc3oc(=O)ccc3c2)nnn1-c1ccccc1. The Morgan fingerprint density at radius 1 is 1.08 bits per heavy atom. The number of hydrogen-bond acceptors (Lipinski definition) is 5. The smallest absolute Gasteiger partial charge is 0.336 e. The molecule has 4 rings (SSSR count). The Balaban J connectivity index is 1.62. The molecule has 0 aliphatic carbocycles. The summed E-state index contributed by atoms with van der Waals surface area (Å²) in [6.07, 6.45) is 0. The molecule has 0 bridgehead atoms. The molecule has 128 valence electrons. The number of anilines is 1. The number of fused-ring (bicyclic) bond motifs is 1. The number of hydrogen-bond donors (Lipinski definition) is 1. The van der Waals surface area contributed by atoms with Crippen LogP contribution in [0.5, 0.6) is 0 Å². The average Bonchev–Trinajstić information content (AvgIpc) is 3.04. The minimum atomic E-state index is -0.414. The third-order valence-corrected chi connectivity index (χ3v) is 3.99. The molecule has 0 saturated carbocycles. The Kier molecular flexibility index (Phi) is 3.81. The first kappa shape index (κ1) is 15.8. The predicted molar refractivity (Wildman–Crippen MR) is 96.5 cm³/mol. The van der Waals surface area contributed by atoms with Gasteiger partial charge in [0.15, 0.2) is 5.69 Å². The third kappa shape index (κ3) is 2.86. The van der Waals surface area contributed by atoms with Crippen LogP contribution in [-0.4, -0.2) is 20.9 Å². The first-order valence-electron chi connectivity index (χ1n) is 7.95. The molecule has 0 atom stereocenters. The molecule has 1 amide bonds. The summed E-state index contributed by atoms with van der Waals surface area (Å²) in [7, 11) is 0. The molecule has 0 fully saturated rings. The van der Waals surface area contributed by atoms with Gasteiger partial charge in [-0.2, -0.15) is 0 Å². The van der Waals surface area contributed by atoms with Crippen molar-refractivity contribution in [1.29, 1.82) is 0 Å². The molecule has 7 heteroatoms. The molecule has 2 heterocycles. The average molecular weight is 346 g/mol. The van der Waals surface area contributed by atoms with Gasteiger partial charge in [0.05, 0.1) is 11.4 Å². The summed E-state index contributed by atoms with van der Waals surface area (Å²) in [5.41, 5.74) is 2.33. The van der Waals surface area contributed by atoms with Crippen LogP contribution in [0.1, 0.15) is 16.2 Å². The monoisotopic (exact) mass is 346 g/mol. The van der Waals surface area contributed by atoms with Gasteiger partial charge in [-0.15, -0.1) is 5.10 Å². The molecule has 0 aliphatic rings. The molecule has 0 unspecified atom stereocenters. The van der Waals surface area contributed by atoms with Crippen LogP contribution in [0.25, 0.3) is 16.7 Å². The molecule has 0 aliphatic heterocycles. The number of aromatic nitrogens is 3. The number of carbonyl (C=O) groups excluding carboxylic acids is 1. The van der Waals surface area contributed by atoms with Crippen molar-refractivity contribution in [3.63, 3.8) is 0 Å². The fraction of sp³-hybridized carbons (Fsp3) is 0.0526. The number of para-hydroxylation sites is 1. The zero-order valence-corrected chi connectivity index (χ0v) is 13.8. The molecule has 7 nitrogen and oxygen atoms in total.